The Morgan fingerprint density at radius 3 is 2.79 bits per heavy atom. The van der Waals surface area contributed by atoms with Gasteiger partial charge in [-0.1, -0.05) is 29.8 Å². The second kappa shape index (κ2) is 6.61. The van der Waals surface area contributed by atoms with Gasteiger partial charge in [-0.15, -0.1) is 0 Å². The van der Waals surface area contributed by atoms with Crippen molar-refractivity contribution >= 4 is 29.0 Å². The predicted octanol–water partition coefficient (Wildman–Crippen LogP) is 3.45. The van der Waals surface area contributed by atoms with Crippen LogP contribution in [0.5, 0.6) is 0 Å². The van der Waals surface area contributed by atoms with Crippen LogP contribution in [0.4, 0.5) is 5.69 Å². The normalized spacial score (nSPS) is 19.4. The van der Waals surface area contributed by atoms with Crippen molar-refractivity contribution < 1.29 is 9.53 Å². The summed E-state index contributed by atoms with van der Waals surface area (Å²) in [7, 11) is 0. The number of fused-ring (bicyclic) bond motifs is 1. The summed E-state index contributed by atoms with van der Waals surface area (Å²) >= 11 is 6.37. The van der Waals surface area contributed by atoms with Crippen LogP contribution in [-0.2, 0) is 9.53 Å². The van der Waals surface area contributed by atoms with Crippen LogP contribution >= 0.6 is 11.6 Å². The second-order valence-electron chi connectivity index (χ2n) is 5.59. The van der Waals surface area contributed by atoms with Gasteiger partial charge in [0, 0.05) is 22.8 Å². The van der Waals surface area contributed by atoms with E-state index in [-0.39, 0.29) is 12.2 Å². The van der Waals surface area contributed by atoms with Gasteiger partial charge in [0.1, 0.15) is 5.92 Å². The molecule has 2 unspecified atom stereocenters. The molecule has 124 valence electrons. The van der Waals surface area contributed by atoms with E-state index in [1.54, 1.807) is 32.2 Å². The summed E-state index contributed by atoms with van der Waals surface area (Å²) in [6.07, 6.45) is 1.55. The predicted molar refractivity (Wildman–Crippen MR) is 93.2 cm³/mol. The molecule has 1 aliphatic heterocycles. The van der Waals surface area contributed by atoms with E-state index < -0.39 is 17.8 Å². The van der Waals surface area contributed by atoms with Crippen molar-refractivity contribution in [1.82, 2.24) is 4.98 Å². The van der Waals surface area contributed by atoms with Crippen LogP contribution in [0.25, 0.3) is 0 Å². The number of aromatic amines is 1. The monoisotopic (exact) mass is 344 g/mol. The molecule has 2 heterocycles. The van der Waals surface area contributed by atoms with Crippen LogP contribution in [0.3, 0.4) is 0 Å². The van der Waals surface area contributed by atoms with Crippen LogP contribution < -0.4 is 5.56 Å². The van der Waals surface area contributed by atoms with Crippen molar-refractivity contribution in [2.24, 2.45) is 10.9 Å². The summed E-state index contributed by atoms with van der Waals surface area (Å²) in [4.78, 5) is 32.2. The number of rotatable bonds is 3. The number of halogens is 1. The minimum absolute atomic E-state index is 0.260. The number of esters is 1. The zero-order valence-electron chi connectivity index (χ0n) is 13.4. The van der Waals surface area contributed by atoms with Crippen molar-refractivity contribution in [2.45, 2.75) is 19.8 Å². The number of ether oxygens (including phenoxy) is 1. The molecule has 24 heavy (non-hydrogen) atoms. The molecule has 0 bridgehead atoms. The highest BCUT2D eigenvalue weighted by Gasteiger charge is 2.40. The Balaban J connectivity index is 2.27. The van der Waals surface area contributed by atoms with Gasteiger partial charge in [0.05, 0.1) is 17.9 Å². The van der Waals surface area contributed by atoms with E-state index in [0.29, 0.717) is 27.5 Å². The summed E-state index contributed by atoms with van der Waals surface area (Å²) in [5.41, 5.74) is 2.04. The Kier molecular flexibility index (Phi) is 4.53. The maximum absolute atomic E-state index is 12.6. The molecule has 0 saturated heterocycles. The summed E-state index contributed by atoms with van der Waals surface area (Å²) in [5.74, 6) is -1.62. The van der Waals surface area contributed by atoms with E-state index in [2.05, 4.69) is 9.98 Å². The number of aliphatic imine (C=N–C) groups is 1. The van der Waals surface area contributed by atoms with Crippen molar-refractivity contribution in [3.63, 3.8) is 0 Å². The van der Waals surface area contributed by atoms with Gasteiger partial charge in [-0.3, -0.25) is 14.6 Å². The van der Waals surface area contributed by atoms with Crippen LogP contribution in [0.1, 0.15) is 30.9 Å². The summed E-state index contributed by atoms with van der Waals surface area (Å²) < 4.78 is 5.22. The fourth-order valence-electron chi connectivity index (χ4n) is 3.15. The first-order valence-corrected chi connectivity index (χ1v) is 8.10. The fraction of sp³-hybridized carbons (Fsp3) is 0.278. The van der Waals surface area contributed by atoms with Gasteiger partial charge in [0.15, 0.2) is 0 Å². The molecule has 1 aliphatic rings. The molecule has 0 radical (unpaired) electrons. The number of hydrogen-bond donors (Lipinski definition) is 1. The smallest absolute Gasteiger partial charge is 0.315 e. The zero-order chi connectivity index (χ0) is 17.3. The molecule has 6 heteroatoms. The van der Waals surface area contributed by atoms with Gasteiger partial charge in [-0.2, -0.15) is 0 Å². The van der Waals surface area contributed by atoms with Crippen LogP contribution in [0.2, 0.25) is 5.02 Å². The van der Waals surface area contributed by atoms with E-state index in [4.69, 9.17) is 16.3 Å². The Hall–Kier alpha value is -2.40. The van der Waals surface area contributed by atoms with E-state index in [1.165, 1.54) is 0 Å². The lowest BCUT2D eigenvalue weighted by Crippen LogP contribution is -2.36. The first-order chi connectivity index (χ1) is 11.5. The number of H-pyrrole nitrogens is 1. The third-order valence-electron chi connectivity index (χ3n) is 4.15. The van der Waals surface area contributed by atoms with Gasteiger partial charge in [0.2, 0.25) is 0 Å². The molecule has 0 fully saturated rings. The number of hydrogen-bond acceptors (Lipinski definition) is 4. The van der Waals surface area contributed by atoms with Crippen molar-refractivity contribution in [2.75, 3.05) is 6.61 Å². The van der Waals surface area contributed by atoms with Crippen molar-refractivity contribution in [3.05, 3.63) is 63.0 Å². The Bertz CT molecular complexity index is 873. The largest absolute Gasteiger partial charge is 0.465 e. The Morgan fingerprint density at radius 1 is 1.33 bits per heavy atom. The summed E-state index contributed by atoms with van der Waals surface area (Å²) in [6.45, 7) is 3.78. The Labute approximate surface area is 144 Å². The van der Waals surface area contributed by atoms with Gasteiger partial charge in [0.25, 0.3) is 5.56 Å². The molecule has 0 aliphatic carbocycles. The second-order valence-corrected chi connectivity index (χ2v) is 5.99. The van der Waals surface area contributed by atoms with E-state index >= 15 is 0 Å². The van der Waals surface area contributed by atoms with Gasteiger partial charge < -0.3 is 9.72 Å². The SMILES string of the molecule is CCOC(=O)C1C(C)=Nc2cc[nH]c(=O)c2C1c1ccccc1Cl. The van der Waals surface area contributed by atoms with E-state index in [1.807, 2.05) is 18.2 Å². The Morgan fingerprint density at radius 2 is 2.08 bits per heavy atom. The van der Waals surface area contributed by atoms with Gasteiger partial charge >= 0.3 is 5.97 Å². The molecule has 2 aromatic rings. The summed E-state index contributed by atoms with van der Waals surface area (Å²) in [5, 5.41) is 0.501. The first kappa shape index (κ1) is 16.5. The van der Waals surface area contributed by atoms with E-state index in [9.17, 15) is 9.59 Å². The lowest BCUT2D eigenvalue weighted by atomic mass is 9.76. The molecule has 0 amide bonds. The minimum Gasteiger partial charge on any atom is -0.465 e. The summed E-state index contributed by atoms with van der Waals surface area (Å²) in [6, 6.07) is 8.95. The first-order valence-electron chi connectivity index (χ1n) is 7.72. The van der Waals surface area contributed by atoms with Crippen LogP contribution in [0, 0.1) is 5.92 Å². The van der Waals surface area contributed by atoms with E-state index in [0.717, 1.165) is 0 Å². The molecule has 5 nitrogen and oxygen atoms in total. The quantitative estimate of drug-likeness (QED) is 0.867. The molecular formula is C18H17ClN2O3. The fourth-order valence-corrected chi connectivity index (χ4v) is 3.40. The third-order valence-corrected chi connectivity index (χ3v) is 4.49. The maximum atomic E-state index is 12.6. The number of nitrogens with zero attached hydrogens (tertiary/aromatic N) is 1. The van der Waals surface area contributed by atoms with Crippen molar-refractivity contribution in [1.29, 1.82) is 0 Å². The average molecular weight is 345 g/mol. The molecular weight excluding hydrogens is 328 g/mol. The highest BCUT2D eigenvalue weighted by molar-refractivity contribution is 6.31. The van der Waals surface area contributed by atoms with Gasteiger partial charge in [-0.05, 0) is 31.5 Å². The number of pyridine rings is 1. The zero-order valence-corrected chi connectivity index (χ0v) is 14.1. The lowest BCUT2D eigenvalue weighted by Gasteiger charge is -2.30. The van der Waals surface area contributed by atoms with Gasteiger partial charge in [-0.25, -0.2) is 0 Å². The molecule has 1 N–H and O–H groups in total. The molecule has 3 rings (SSSR count). The van der Waals surface area contributed by atoms with Crippen molar-refractivity contribution in [3.8, 4) is 0 Å². The third kappa shape index (κ3) is 2.76. The molecule has 2 atom stereocenters. The number of carbonyl (C=O) groups is 1. The number of nitrogens with one attached hydrogen (secondary N) is 1. The molecule has 1 aromatic heterocycles. The lowest BCUT2D eigenvalue weighted by molar-refractivity contribution is -0.146. The highest BCUT2D eigenvalue weighted by atomic mass is 35.5. The number of aromatic nitrogens is 1. The number of benzene rings is 1. The average Bonchev–Trinajstić information content (AvgIpc) is 2.54. The molecule has 0 spiro atoms. The topological polar surface area (TPSA) is 71.5 Å². The standard InChI is InChI=1S/C18H17ClN2O3/c1-3-24-18(23)14-10(2)21-13-8-9-20-17(22)16(13)15(14)11-6-4-5-7-12(11)19/h4-9,14-15H,3H2,1-2H3,(H,20,22). The molecule has 1 aromatic carbocycles. The number of carbonyl (C=O) groups excluding carboxylic acids is 1. The van der Waals surface area contributed by atoms with Crippen LogP contribution in [0.15, 0.2) is 46.3 Å². The minimum atomic E-state index is -0.680. The highest BCUT2D eigenvalue weighted by Crippen LogP contribution is 2.42. The maximum Gasteiger partial charge on any atom is 0.315 e. The van der Waals surface area contributed by atoms with Crippen LogP contribution in [-0.4, -0.2) is 23.3 Å². The molecule has 0 saturated carbocycles.